The number of hydrogen-bond acceptors (Lipinski definition) is 3. The molecule has 3 nitrogen and oxygen atoms in total. The third-order valence-corrected chi connectivity index (χ3v) is 3.10. The average molecular weight is 280 g/mol. The molecule has 7 heteroatoms. The van der Waals surface area contributed by atoms with Gasteiger partial charge in [-0.25, -0.2) is 4.98 Å². The van der Waals surface area contributed by atoms with E-state index in [1.807, 2.05) is 11.8 Å². The van der Waals surface area contributed by atoms with Crippen molar-refractivity contribution in [2.45, 2.75) is 19.1 Å². The topological polar surface area (TPSA) is 28.2 Å². The molecule has 2 rings (SSSR count). The summed E-state index contributed by atoms with van der Waals surface area (Å²) in [4.78, 5) is 5.74. The number of pyridine rings is 1. The number of alkyl halides is 3. The Labute approximate surface area is 108 Å². The summed E-state index contributed by atoms with van der Waals surface area (Å²) in [5.74, 6) is 0.415. The lowest BCUT2D eigenvalue weighted by atomic mass is 10.2. The van der Waals surface area contributed by atoms with Crippen LogP contribution in [0.15, 0.2) is 12.3 Å². The maximum Gasteiger partial charge on any atom is 0.417 e. The van der Waals surface area contributed by atoms with Crippen LogP contribution < -0.4 is 10.2 Å². The van der Waals surface area contributed by atoms with E-state index in [-0.39, 0.29) is 11.1 Å². The number of anilines is 1. The molecule has 0 unspecified atom stereocenters. The van der Waals surface area contributed by atoms with Gasteiger partial charge in [-0.05, 0) is 13.0 Å². The minimum atomic E-state index is -4.41. The first kappa shape index (κ1) is 13.4. The highest BCUT2D eigenvalue weighted by molar-refractivity contribution is 6.33. The second-order valence-corrected chi connectivity index (χ2v) is 4.74. The minimum absolute atomic E-state index is 0.0407. The predicted molar refractivity (Wildman–Crippen MR) is 63.9 cm³/mol. The Bertz CT molecular complexity index is 436. The molecule has 0 aromatic carbocycles. The first-order valence-electron chi connectivity index (χ1n) is 5.59. The van der Waals surface area contributed by atoms with Crippen LogP contribution in [0.5, 0.6) is 0 Å². The molecule has 18 heavy (non-hydrogen) atoms. The van der Waals surface area contributed by atoms with Crippen molar-refractivity contribution in [3.63, 3.8) is 0 Å². The Hall–Kier alpha value is -1.01. The van der Waals surface area contributed by atoms with Gasteiger partial charge < -0.3 is 10.2 Å². The highest BCUT2D eigenvalue weighted by Gasteiger charge is 2.32. The van der Waals surface area contributed by atoms with Crippen molar-refractivity contribution >= 4 is 17.4 Å². The fourth-order valence-corrected chi connectivity index (χ4v) is 2.23. The number of piperazine rings is 1. The molecule has 1 fully saturated rings. The highest BCUT2D eigenvalue weighted by Crippen LogP contribution is 2.33. The predicted octanol–water partition coefficient (Wildman–Crippen LogP) is 2.55. The molecule has 0 aliphatic carbocycles. The lowest BCUT2D eigenvalue weighted by Gasteiger charge is -2.33. The fourth-order valence-electron chi connectivity index (χ4n) is 1.94. The Kier molecular flexibility index (Phi) is 3.68. The third-order valence-electron chi connectivity index (χ3n) is 2.82. The number of rotatable bonds is 1. The Morgan fingerprint density at radius 1 is 1.50 bits per heavy atom. The smallest absolute Gasteiger partial charge is 0.353 e. The van der Waals surface area contributed by atoms with E-state index in [1.54, 1.807) is 0 Å². The summed E-state index contributed by atoms with van der Waals surface area (Å²) >= 11 is 5.89. The molecule has 1 aromatic heterocycles. The van der Waals surface area contributed by atoms with Crippen molar-refractivity contribution in [1.82, 2.24) is 10.3 Å². The zero-order valence-corrected chi connectivity index (χ0v) is 10.5. The van der Waals surface area contributed by atoms with Crippen LogP contribution >= 0.6 is 11.6 Å². The molecule has 1 atom stereocenters. The quantitative estimate of drug-likeness (QED) is 0.856. The van der Waals surface area contributed by atoms with E-state index >= 15 is 0 Å². The van der Waals surface area contributed by atoms with Gasteiger partial charge in [0.05, 0.1) is 10.6 Å². The zero-order valence-electron chi connectivity index (χ0n) is 9.76. The average Bonchev–Trinajstić information content (AvgIpc) is 2.27. The highest BCUT2D eigenvalue weighted by atomic mass is 35.5. The van der Waals surface area contributed by atoms with Crippen LogP contribution in [0, 0.1) is 0 Å². The normalized spacial score (nSPS) is 21.2. The van der Waals surface area contributed by atoms with Crippen molar-refractivity contribution < 1.29 is 13.2 Å². The van der Waals surface area contributed by atoms with Crippen molar-refractivity contribution in [1.29, 1.82) is 0 Å². The van der Waals surface area contributed by atoms with E-state index in [9.17, 15) is 13.2 Å². The molecule has 1 aliphatic heterocycles. The summed E-state index contributed by atoms with van der Waals surface area (Å²) in [6.07, 6.45) is -3.58. The molecule has 0 spiro atoms. The molecular formula is C11H13ClF3N3. The second kappa shape index (κ2) is 4.93. The van der Waals surface area contributed by atoms with Crippen LogP contribution in [-0.4, -0.2) is 30.7 Å². The molecule has 1 aromatic rings. The van der Waals surface area contributed by atoms with Crippen LogP contribution in [0.4, 0.5) is 19.0 Å². The summed E-state index contributed by atoms with van der Waals surface area (Å²) in [5, 5.41) is 3.28. The van der Waals surface area contributed by atoms with E-state index in [0.717, 1.165) is 18.8 Å². The van der Waals surface area contributed by atoms with Gasteiger partial charge in [-0.2, -0.15) is 13.2 Å². The van der Waals surface area contributed by atoms with Crippen LogP contribution in [0.1, 0.15) is 12.5 Å². The molecule has 1 N–H and O–H groups in total. The Balaban J connectivity index is 2.24. The molecule has 1 saturated heterocycles. The lowest BCUT2D eigenvalue weighted by molar-refractivity contribution is -0.137. The third kappa shape index (κ3) is 2.87. The Morgan fingerprint density at radius 3 is 2.78 bits per heavy atom. The van der Waals surface area contributed by atoms with Gasteiger partial charge in [-0.15, -0.1) is 0 Å². The van der Waals surface area contributed by atoms with Gasteiger partial charge >= 0.3 is 6.18 Å². The SMILES string of the molecule is C[C@@H]1CN(c2ncc(C(F)(F)F)cc2Cl)CCN1. The van der Waals surface area contributed by atoms with E-state index < -0.39 is 11.7 Å². The summed E-state index contributed by atoms with van der Waals surface area (Å²) < 4.78 is 37.4. The molecule has 0 amide bonds. The van der Waals surface area contributed by atoms with Gasteiger partial charge in [0, 0.05) is 31.9 Å². The molecule has 1 aliphatic rings. The van der Waals surface area contributed by atoms with Crippen LogP contribution in [0.2, 0.25) is 5.02 Å². The maximum absolute atomic E-state index is 12.5. The standard InChI is InChI=1S/C11H13ClF3N3/c1-7-6-18(3-2-16-7)10-9(12)4-8(5-17-10)11(13,14)15/h4-5,7,16H,2-3,6H2,1H3/t7-/m1/s1. The maximum atomic E-state index is 12.5. The molecule has 0 bridgehead atoms. The first-order chi connectivity index (χ1) is 8.38. The van der Waals surface area contributed by atoms with Crippen molar-refractivity contribution in [2.24, 2.45) is 0 Å². The lowest BCUT2D eigenvalue weighted by Crippen LogP contribution is -2.49. The molecular weight excluding hydrogens is 267 g/mol. The zero-order chi connectivity index (χ0) is 13.3. The summed E-state index contributed by atoms with van der Waals surface area (Å²) in [7, 11) is 0. The van der Waals surface area contributed by atoms with Gasteiger partial charge in [0.2, 0.25) is 0 Å². The second-order valence-electron chi connectivity index (χ2n) is 4.33. The van der Waals surface area contributed by atoms with Crippen LogP contribution in [0.25, 0.3) is 0 Å². The number of halogens is 4. The van der Waals surface area contributed by atoms with E-state index in [1.165, 1.54) is 0 Å². The largest absolute Gasteiger partial charge is 0.417 e. The van der Waals surface area contributed by atoms with Gasteiger partial charge in [-0.1, -0.05) is 11.6 Å². The van der Waals surface area contributed by atoms with Crippen LogP contribution in [-0.2, 0) is 6.18 Å². The van der Waals surface area contributed by atoms with E-state index in [2.05, 4.69) is 10.3 Å². The van der Waals surface area contributed by atoms with Crippen molar-refractivity contribution in [3.05, 3.63) is 22.8 Å². The van der Waals surface area contributed by atoms with Gasteiger partial charge in [0.25, 0.3) is 0 Å². The number of hydrogen-bond donors (Lipinski definition) is 1. The summed E-state index contributed by atoms with van der Waals surface area (Å²) in [5.41, 5.74) is -0.820. The first-order valence-corrected chi connectivity index (χ1v) is 5.97. The molecule has 2 heterocycles. The van der Waals surface area contributed by atoms with Crippen molar-refractivity contribution in [3.8, 4) is 0 Å². The van der Waals surface area contributed by atoms with E-state index in [4.69, 9.17) is 11.6 Å². The summed E-state index contributed by atoms with van der Waals surface area (Å²) in [6.45, 7) is 4.13. The van der Waals surface area contributed by atoms with Gasteiger partial charge in [-0.3, -0.25) is 0 Å². The van der Waals surface area contributed by atoms with Crippen molar-refractivity contribution in [2.75, 3.05) is 24.5 Å². The van der Waals surface area contributed by atoms with Gasteiger partial charge in [0.15, 0.2) is 0 Å². The molecule has 0 radical (unpaired) electrons. The number of nitrogens with one attached hydrogen (secondary N) is 1. The van der Waals surface area contributed by atoms with E-state index in [0.29, 0.717) is 18.9 Å². The van der Waals surface area contributed by atoms with Crippen LogP contribution in [0.3, 0.4) is 0 Å². The number of nitrogens with zero attached hydrogens (tertiary/aromatic N) is 2. The molecule has 100 valence electrons. The minimum Gasteiger partial charge on any atom is -0.353 e. The molecule has 0 saturated carbocycles. The number of aromatic nitrogens is 1. The fraction of sp³-hybridized carbons (Fsp3) is 0.545. The van der Waals surface area contributed by atoms with Gasteiger partial charge in [0.1, 0.15) is 5.82 Å². The summed E-state index contributed by atoms with van der Waals surface area (Å²) in [6, 6.07) is 1.19. The monoisotopic (exact) mass is 279 g/mol. The Morgan fingerprint density at radius 2 is 2.22 bits per heavy atom.